The van der Waals surface area contributed by atoms with Crippen molar-refractivity contribution in [3.05, 3.63) is 72.1 Å². The number of rotatable bonds is 4. The minimum absolute atomic E-state index is 0.623. The molecule has 2 aromatic heterocycles. The Morgan fingerprint density at radius 3 is 2.79 bits per heavy atom. The van der Waals surface area contributed by atoms with Gasteiger partial charge in [-0.2, -0.15) is 0 Å². The van der Waals surface area contributed by atoms with Crippen molar-refractivity contribution < 1.29 is 9.47 Å². The van der Waals surface area contributed by atoms with E-state index >= 15 is 0 Å². The third-order valence-electron chi connectivity index (χ3n) is 4.81. The maximum absolute atomic E-state index is 5.52. The standard InChI is InChI=1S/C22H18N4O2/c1-27-18-6-7-20-19(10-18)22(26-21(25-20)14-3-2-8-23-11-14)24-17-5-4-15-12-28-13-16(15)9-17/h2-11H,12-13H2,1H3,(H,24,25,26). The predicted molar refractivity (Wildman–Crippen MR) is 108 cm³/mol. The normalized spacial score (nSPS) is 12.8. The summed E-state index contributed by atoms with van der Waals surface area (Å²) in [6.07, 6.45) is 3.50. The predicted octanol–water partition coefficient (Wildman–Crippen LogP) is 4.47. The lowest BCUT2D eigenvalue weighted by Gasteiger charge is -2.13. The molecule has 0 saturated heterocycles. The van der Waals surface area contributed by atoms with Crippen LogP contribution in [0.1, 0.15) is 11.1 Å². The number of hydrogen-bond donors (Lipinski definition) is 1. The lowest BCUT2D eigenvalue weighted by molar-refractivity contribution is 0.134. The van der Waals surface area contributed by atoms with Gasteiger partial charge in [-0.1, -0.05) is 6.07 Å². The maximum Gasteiger partial charge on any atom is 0.163 e. The molecule has 4 aromatic rings. The molecule has 138 valence electrons. The van der Waals surface area contributed by atoms with Crippen molar-refractivity contribution in [1.82, 2.24) is 15.0 Å². The van der Waals surface area contributed by atoms with Crippen molar-refractivity contribution in [3.63, 3.8) is 0 Å². The van der Waals surface area contributed by atoms with Gasteiger partial charge in [-0.25, -0.2) is 9.97 Å². The van der Waals surface area contributed by atoms with Crippen LogP contribution in [0.3, 0.4) is 0 Å². The van der Waals surface area contributed by atoms with E-state index in [0.29, 0.717) is 19.0 Å². The Bertz CT molecular complexity index is 1160. The number of benzene rings is 2. The Labute approximate surface area is 162 Å². The highest BCUT2D eigenvalue weighted by Crippen LogP contribution is 2.31. The van der Waals surface area contributed by atoms with E-state index in [-0.39, 0.29) is 0 Å². The maximum atomic E-state index is 5.52. The highest BCUT2D eigenvalue weighted by molar-refractivity contribution is 5.93. The summed E-state index contributed by atoms with van der Waals surface area (Å²) in [6.45, 7) is 1.32. The quantitative estimate of drug-likeness (QED) is 0.571. The summed E-state index contributed by atoms with van der Waals surface area (Å²) in [7, 11) is 1.65. The Balaban J connectivity index is 1.64. The topological polar surface area (TPSA) is 69.2 Å². The summed E-state index contributed by atoms with van der Waals surface area (Å²) < 4.78 is 10.9. The number of nitrogens with one attached hydrogen (secondary N) is 1. The van der Waals surface area contributed by atoms with Gasteiger partial charge in [0, 0.05) is 29.0 Å². The Kier molecular flexibility index (Phi) is 4.10. The van der Waals surface area contributed by atoms with Crippen LogP contribution >= 0.6 is 0 Å². The molecule has 0 fully saturated rings. The molecule has 0 spiro atoms. The minimum atomic E-state index is 0.623. The molecular formula is C22H18N4O2. The molecule has 2 aromatic carbocycles. The Hall–Kier alpha value is -3.51. The van der Waals surface area contributed by atoms with Crippen molar-refractivity contribution >= 4 is 22.4 Å². The molecular weight excluding hydrogens is 352 g/mol. The van der Waals surface area contributed by atoms with E-state index in [2.05, 4.69) is 22.4 Å². The SMILES string of the molecule is COc1ccc2nc(-c3cccnc3)nc(Nc3ccc4c(c3)COC4)c2c1. The summed E-state index contributed by atoms with van der Waals surface area (Å²) >= 11 is 0. The fourth-order valence-corrected chi connectivity index (χ4v) is 3.34. The van der Waals surface area contributed by atoms with E-state index in [1.807, 2.05) is 36.4 Å². The largest absolute Gasteiger partial charge is 0.497 e. The number of nitrogens with zero attached hydrogens (tertiary/aromatic N) is 3. The second-order valence-corrected chi connectivity index (χ2v) is 6.62. The first-order chi connectivity index (χ1) is 13.8. The molecule has 0 aliphatic carbocycles. The first kappa shape index (κ1) is 16.6. The van der Waals surface area contributed by atoms with Gasteiger partial charge in [-0.3, -0.25) is 4.98 Å². The molecule has 6 heteroatoms. The van der Waals surface area contributed by atoms with Crippen LogP contribution in [0.4, 0.5) is 11.5 Å². The van der Waals surface area contributed by atoms with Crippen LogP contribution in [0.15, 0.2) is 60.9 Å². The average molecular weight is 370 g/mol. The number of pyridine rings is 1. The number of ether oxygens (including phenoxy) is 2. The zero-order valence-corrected chi connectivity index (χ0v) is 15.3. The highest BCUT2D eigenvalue weighted by atomic mass is 16.5. The highest BCUT2D eigenvalue weighted by Gasteiger charge is 2.14. The van der Waals surface area contributed by atoms with Crippen LogP contribution in [0.25, 0.3) is 22.3 Å². The van der Waals surface area contributed by atoms with Gasteiger partial charge in [-0.15, -0.1) is 0 Å². The van der Waals surface area contributed by atoms with Crippen molar-refractivity contribution in [2.75, 3.05) is 12.4 Å². The molecule has 0 atom stereocenters. The second kappa shape index (κ2) is 6.90. The summed E-state index contributed by atoms with van der Waals surface area (Å²) in [4.78, 5) is 13.7. The lowest BCUT2D eigenvalue weighted by atomic mass is 10.1. The molecule has 0 radical (unpaired) electrons. The van der Waals surface area contributed by atoms with Crippen molar-refractivity contribution in [2.24, 2.45) is 0 Å². The van der Waals surface area contributed by atoms with Crippen molar-refractivity contribution in [3.8, 4) is 17.1 Å². The number of aromatic nitrogens is 3. The van der Waals surface area contributed by atoms with E-state index in [1.165, 1.54) is 11.1 Å². The second-order valence-electron chi connectivity index (χ2n) is 6.62. The first-order valence-electron chi connectivity index (χ1n) is 9.03. The lowest BCUT2D eigenvalue weighted by Crippen LogP contribution is -2.00. The fraction of sp³-hybridized carbons (Fsp3) is 0.136. The first-order valence-corrected chi connectivity index (χ1v) is 9.03. The molecule has 0 amide bonds. The molecule has 0 bridgehead atoms. The Morgan fingerprint density at radius 2 is 1.93 bits per heavy atom. The van der Waals surface area contributed by atoms with Crippen LogP contribution in [-0.4, -0.2) is 22.1 Å². The van der Waals surface area contributed by atoms with E-state index < -0.39 is 0 Å². The number of hydrogen-bond acceptors (Lipinski definition) is 6. The van der Waals surface area contributed by atoms with Crippen molar-refractivity contribution in [1.29, 1.82) is 0 Å². The van der Waals surface area contributed by atoms with Crippen LogP contribution in [0.2, 0.25) is 0 Å². The van der Waals surface area contributed by atoms with E-state index in [1.54, 1.807) is 19.5 Å². The van der Waals surface area contributed by atoms with Gasteiger partial charge in [0.15, 0.2) is 5.82 Å². The zero-order chi connectivity index (χ0) is 18.9. The Morgan fingerprint density at radius 1 is 1.00 bits per heavy atom. The summed E-state index contributed by atoms with van der Waals surface area (Å²) in [5.41, 5.74) is 5.10. The minimum Gasteiger partial charge on any atom is -0.497 e. The van der Waals surface area contributed by atoms with Gasteiger partial charge >= 0.3 is 0 Å². The molecule has 1 N–H and O–H groups in total. The van der Waals surface area contributed by atoms with Gasteiger partial charge in [0.25, 0.3) is 0 Å². The number of fused-ring (bicyclic) bond motifs is 2. The van der Waals surface area contributed by atoms with Gasteiger partial charge in [0.2, 0.25) is 0 Å². The van der Waals surface area contributed by atoms with Crippen LogP contribution in [0.5, 0.6) is 5.75 Å². The fourth-order valence-electron chi connectivity index (χ4n) is 3.34. The van der Waals surface area contributed by atoms with Gasteiger partial charge < -0.3 is 14.8 Å². The molecule has 0 saturated carbocycles. The molecule has 1 aliphatic heterocycles. The van der Waals surface area contributed by atoms with Crippen molar-refractivity contribution in [2.45, 2.75) is 13.2 Å². The van der Waals surface area contributed by atoms with Gasteiger partial charge in [-0.05, 0) is 53.6 Å². The molecule has 28 heavy (non-hydrogen) atoms. The van der Waals surface area contributed by atoms with Crippen LogP contribution < -0.4 is 10.1 Å². The van der Waals surface area contributed by atoms with Crippen LogP contribution in [0, 0.1) is 0 Å². The summed E-state index contributed by atoms with van der Waals surface area (Å²) in [6, 6.07) is 15.9. The van der Waals surface area contributed by atoms with E-state index in [9.17, 15) is 0 Å². The number of anilines is 2. The molecule has 6 nitrogen and oxygen atoms in total. The number of methoxy groups -OCH3 is 1. The summed E-state index contributed by atoms with van der Waals surface area (Å²) in [5, 5.41) is 4.35. The molecule has 5 rings (SSSR count). The van der Waals surface area contributed by atoms with Gasteiger partial charge in [0.05, 0.1) is 25.8 Å². The van der Waals surface area contributed by atoms with E-state index in [4.69, 9.17) is 19.4 Å². The third-order valence-corrected chi connectivity index (χ3v) is 4.81. The van der Waals surface area contributed by atoms with Gasteiger partial charge in [0.1, 0.15) is 11.6 Å². The monoisotopic (exact) mass is 370 g/mol. The molecule has 0 unspecified atom stereocenters. The summed E-state index contributed by atoms with van der Waals surface area (Å²) in [5.74, 6) is 2.11. The molecule has 1 aliphatic rings. The van der Waals surface area contributed by atoms with E-state index in [0.717, 1.165) is 33.7 Å². The third kappa shape index (κ3) is 3.04. The van der Waals surface area contributed by atoms with Crippen LogP contribution in [-0.2, 0) is 18.0 Å². The zero-order valence-electron chi connectivity index (χ0n) is 15.3. The average Bonchev–Trinajstić information content (AvgIpc) is 3.22. The molecule has 3 heterocycles. The smallest absolute Gasteiger partial charge is 0.163 e.